The summed E-state index contributed by atoms with van der Waals surface area (Å²) in [5.74, 6) is -0.833. The van der Waals surface area contributed by atoms with Crippen molar-refractivity contribution in [2.45, 2.75) is 12.5 Å². The number of pyridine rings is 1. The Labute approximate surface area is 164 Å². The molecule has 1 N–H and O–H groups in total. The summed E-state index contributed by atoms with van der Waals surface area (Å²) in [6, 6.07) is 16.1. The number of methoxy groups -OCH3 is 1. The van der Waals surface area contributed by atoms with E-state index >= 15 is 0 Å². The molecule has 0 unspecified atom stereocenters. The van der Waals surface area contributed by atoms with Crippen LogP contribution in [0.2, 0.25) is 0 Å². The van der Waals surface area contributed by atoms with Gasteiger partial charge in [0.1, 0.15) is 6.04 Å². The van der Waals surface area contributed by atoms with Crippen LogP contribution < -0.4 is 5.32 Å². The van der Waals surface area contributed by atoms with Crippen LogP contribution in [-0.4, -0.2) is 30.0 Å². The summed E-state index contributed by atoms with van der Waals surface area (Å²) in [4.78, 5) is 29.2. The monoisotopic (exact) mass is 460 g/mol. The van der Waals surface area contributed by atoms with Crippen molar-refractivity contribution < 1.29 is 14.3 Å². The smallest absolute Gasteiger partial charge is 0.328 e. The Balaban J connectivity index is 1.85. The first kappa shape index (κ1) is 18.3. The fourth-order valence-corrected chi connectivity index (χ4v) is 3.07. The van der Waals surface area contributed by atoms with E-state index in [1.165, 1.54) is 7.11 Å². The highest BCUT2D eigenvalue weighted by atomic mass is 127. The quantitative estimate of drug-likeness (QED) is 0.469. The molecule has 1 atom stereocenters. The number of aromatic nitrogens is 1. The van der Waals surface area contributed by atoms with Crippen molar-refractivity contribution in [3.05, 3.63) is 75.5 Å². The minimum Gasteiger partial charge on any atom is -0.467 e. The molecule has 3 aromatic rings. The predicted molar refractivity (Wildman–Crippen MR) is 108 cm³/mol. The molecule has 26 heavy (non-hydrogen) atoms. The maximum Gasteiger partial charge on any atom is 0.328 e. The number of fused-ring (bicyclic) bond motifs is 1. The molecule has 3 rings (SSSR count). The molecule has 2 aromatic carbocycles. The SMILES string of the molecule is COC(=O)[C@H](Cc1ccc(I)cc1)NC(=O)c1cccc2cccnc12. The van der Waals surface area contributed by atoms with Crippen LogP contribution in [-0.2, 0) is 16.0 Å². The van der Waals surface area contributed by atoms with Gasteiger partial charge in [0.2, 0.25) is 0 Å². The third-order valence-electron chi connectivity index (χ3n) is 4.02. The minimum atomic E-state index is -0.772. The topological polar surface area (TPSA) is 68.3 Å². The molecule has 0 radical (unpaired) electrons. The number of carbonyl (C=O) groups is 2. The van der Waals surface area contributed by atoms with Gasteiger partial charge < -0.3 is 10.1 Å². The molecule has 0 aliphatic carbocycles. The normalized spacial score (nSPS) is 11.8. The van der Waals surface area contributed by atoms with E-state index in [4.69, 9.17) is 4.74 Å². The van der Waals surface area contributed by atoms with Crippen LogP contribution in [0.4, 0.5) is 0 Å². The number of nitrogens with one attached hydrogen (secondary N) is 1. The Morgan fingerprint density at radius 3 is 2.58 bits per heavy atom. The Morgan fingerprint density at radius 1 is 1.12 bits per heavy atom. The Bertz CT molecular complexity index is 936. The molecule has 1 heterocycles. The molecule has 0 aliphatic rings. The lowest BCUT2D eigenvalue weighted by atomic mass is 10.0. The average Bonchev–Trinajstić information content (AvgIpc) is 2.68. The Kier molecular flexibility index (Phi) is 5.82. The lowest BCUT2D eigenvalue weighted by molar-refractivity contribution is -0.142. The van der Waals surface area contributed by atoms with Crippen LogP contribution >= 0.6 is 22.6 Å². The number of hydrogen-bond donors (Lipinski definition) is 1. The van der Waals surface area contributed by atoms with Gasteiger partial charge in [-0.3, -0.25) is 9.78 Å². The number of ether oxygens (including phenoxy) is 1. The standard InChI is InChI=1S/C20H17IN2O3/c1-26-20(25)17(12-13-7-9-15(21)10-8-13)23-19(24)16-6-2-4-14-5-3-11-22-18(14)16/h2-11,17H,12H2,1H3,(H,23,24)/t17-/m0/s1. The lowest BCUT2D eigenvalue weighted by Crippen LogP contribution is -2.43. The number of halogens is 1. The number of esters is 1. The van der Waals surface area contributed by atoms with Gasteiger partial charge in [-0.1, -0.05) is 30.3 Å². The van der Waals surface area contributed by atoms with Gasteiger partial charge in [0.05, 0.1) is 18.2 Å². The highest BCUT2D eigenvalue weighted by Gasteiger charge is 2.23. The fourth-order valence-electron chi connectivity index (χ4n) is 2.72. The van der Waals surface area contributed by atoms with Gasteiger partial charge in [0.15, 0.2) is 0 Å². The van der Waals surface area contributed by atoms with Crippen LogP contribution in [0.3, 0.4) is 0 Å². The third-order valence-corrected chi connectivity index (χ3v) is 4.74. The largest absolute Gasteiger partial charge is 0.467 e. The van der Waals surface area contributed by atoms with Crippen molar-refractivity contribution in [2.24, 2.45) is 0 Å². The summed E-state index contributed by atoms with van der Waals surface area (Å²) in [6.45, 7) is 0. The van der Waals surface area contributed by atoms with Crippen LogP contribution in [0.15, 0.2) is 60.8 Å². The van der Waals surface area contributed by atoms with Crippen LogP contribution in [0.25, 0.3) is 10.9 Å². The second-order valence-electron chi connectivity index (χ2n) is 5.76. The Hall–Kier alpha value is -2.48. The highest BCUT2D eigenvalue weighted by Crippen LogP contribution is 2.16. The fraction of sp³-hybridized carbons (Fsp3) is 0.150. The molecule has 1 amide bonds. The van der Waals surface area contributed by atoms with Crippen molar-refractivity contribution in [1.29, 1.82) is 0 Å². The second kappa shape index (κ2) is 8.27. The number of amides is 1. The molecule has 0 saturated carbocycles. The minimum absolute atomic E-state index is 0.352. The zero-order valence-corrected chi connectivity index (χ0v) is 16.3. The molecular weight excluding hydrogens is 443 g/mol. The van der Waals surface area contributed by atoms with Gasteiger partial charge in [-0.05, 0) is 52.4 Å². The summed E-state index contributed by atoms with van der Waals surface area (Å²) in [7, 11) is 1.31. The van der Waals surface area contributed by atoms with E-state index in [-0.39, 0.29) is 5.91 Å². The average molecular weight is 460 g/mol. The maximum absolute atomic E-state index is 12.8. The molecule has 0 fully saturated rings. The molecule has 5 nitrogen and oxygen atoms in total. The van der Waals surface area contributed by atoms with Gasteiger partial charge >= 0.3 is 5.97 Å². The van der Waals surface area contributed by atoms with Crippen LogP contribution in [0.1, 0.15) is 15.9 Å². The number of hydrogen-bond acceptors (Lipinski definition) is 4. The molecule has 1 aromatic heterocycles. The van der Waals surface area contributed by atoms with Gasteiger partial charge in [-0.15, -0.1) is 0 Å². The van der Waals surface area contributed by atoms with Gasteiger partial charge in [0, 0.05) is 21.6 Å². The van der Waals surface area contributed by atoms with Crippen molar-refractivity contribution in [3.8, 4) is 0 Å². The Morgan fingerprint density at radius 2 is 1.85 bits per heavy atom. The molecule has 0 bridgehead atoms. The molecule has 6 heteroatoms. The summed E-state index contributed by atoms with van der Waals surface area (Å²) in [5, 5.41) is 3.65. The van der Waals surface area contributed by atoms with Gasteiger partial charge in [0.25, 0.3) is 5.91 Å². The number of nitrogens with zero attached hydrogens (tertiary/aromatic N) is 1. The van der Waals surface area contributed by atoms with Crippen molar-refractivity contribution in [1.82, 2.24) is 10.3 Å². The van der Waals surface area contributed by atoms with Gasteiger partial charge in [-0.25, -0.2) is 4.79 Å². The number of rotatable bonds is 5. The molecule has 132 valence electrons. The molecule has 0 aliphatic heterocycles. The summed E-state index contributed by atoms with van der Waals surface area (Å²) >= 11 is 2.22. The molecular formula is C20H17IN2O3. The zero-order chi connectivity index (χ0) is 18.5. The van der Waals surface area contributed by atoms with E-state index in [0.717, 1.165) is 14.5 Å². The van der Waals surface area contributed by atoms with Crippen molar-refractivity contribution in [3.63, 3.8) is 0 Å². The van der Waals surface area contributed by atoms with Crippen molar-refractivity contribution in [2.75, 3.05) is 7.11 Å². The first-order valence-electron chi connectivity index (χ1n) is 8.05. The first-order chi connectivity index (χ1) is 12.6. The molecule has 0 spiro atoms. The maximum atomic E-state index is 12.8. The molecule has 0 saturated heterocycles. The van der Waals surface area contributed by atoms with E-state index in [9.17, 15) is 9.59 Å². The van der Waals surface area contributed by atoms with E-state index in [2.05, 4.69) is 32.9 Å². The predicted octanol–water partition coefficient (Wildman–Crippen LogP) is 3.35. The van der Waals surface area contributed by atoms with E-state index in [0.29, 0.717) is 17.5 Å². The van der Waals surface area contributed by atoms with Gasteiger partial charge in [-0.2, -0.15) is 0 Å². The third kappa shape index (κ3) is 4.19. The van der Waals surface area contributed by atoms with E-state index < -0.39 is 12.0 Å². The highest BCUT2D eigenvalue weighted by molar-refractivity contribution is 14.1. The number of para-hydroxylation sites is 1. The first-order valence-corrected chi connectivity index (χ1v) is 9.13. The number of benzene rings is 2. The number of carbonyl (C=O) groups excluding carboxylic acids is 2. The lowest BCUT2D eigenvalue weighted by Gasteiger charge is -2.17. The summed E-state index contributed by atoms with van der Waals surface area (Å²) in [5.41, 5.74) is 1.97. The van der Waals surface area contributed by atoms with Crippen LogP contribution in [0, 0.1) is 3.57 Å². The summed E-state index contributed by atoms with van der Waals surface area (Å²) in [6.07, 6.45) is 2.00. The van der Waals surface area contributed by atoms with E-state index in [1.807, 2.05) is 42.5 Å². The second-order valence-corrected chi connectivity index (χ2v) is 7.01. The summed E-state index contributed by atoms with van der Waals surface area (Å²) < 4.78 is 5.97. The zero-order valence-electron chi connectivity index (χ0n) is 14.1. The van der Waals surface area contributed by atoms with E-state index in [1.54, 1.807) is 18.3 Å². The van der Waals surface area contributed by atoms with Crippen LogP contribution in [0.5, 0.6) is 0 Å². The van der Waals surface area contributed by atoms with Crippen molar-refractivity contribution >= 4 is 45.4 Å².